The fourth-order valence-corrected chi connectivity index (χ4v) is 1.46. The molecule has 1 aromatic carbocycles. The van der Waals surface area contributed by atoms with E-state index >= 15 is 0 Å². The van der Waals surface area contributed by atoms with Crippen LogP contribution in [-0.2, 0) is 13.2 Å². The Morgan fingerprint density at radius 3 is 2.94 bits per heavy atom. The molecule has 0 aliphatic rings. The lowest BCUT2D eigenvalue weighted by Crippen LogP contribution is -2.15. The number of hydrogen-bond donors (Lipinski definition) is 1. The minimum Gasteiger partial charge on any atom is -0.497 e. The maximum atomic E-state index is 5.60. The van der Waals surface area contributed by atoms with Gasteiger partial charge in [0.05, 0.1) is 13.7 Å². The molecule has 0 spiro atoms. The standard InChI is InChI=1S/C11H15N5O2/c1-17-9-3-2-4-10(7-9)18-8-11-13-14-15-16(11)6-5-12/h2-4,7H,5-6,8,12H2,1H3. The Morgan fingerprint density at radius 1 is 1.33 bits per heavy atom. The first-order chi connectivity index (χ1) is 8.83. The van der Waals surface area contributed by atoms with Gasteiger partial charge in [0, 0.05) is 12.6 Å². The quantitative estimate of drug-likeness (QED) is 0.787. The van der Waals surface area contributed by atoms with E-state index in [-0.39, 0.29) is 0 Å². The zero-order valence-electron chi connectivity index (χ0n) is 10.1. The second-order valence-electron chi connectivity index (χ2n) is 3.57. The fourth-order valence-electron chi connectivity index (χ4n) is 1.46. The molecule has 2 N–H and O–H groups in total. The molecule has 18 heavy (non-hydrogen) atoms. The molecule has 0 aliphatic carbocycles. The van der Waals surface area contributed by atoms with Crippen molar-refractivity contribution in [1.29, 1.82) is 0 Å². The molecule has 0 bridgehead atoms. The summed E-state index contributed by atoms with van der Waals surface area (Å²) in [6, 6.07) is 7.36. The summed E-state index contributed by atoms with van der Waals surface area (Å²) in [6.45, 7) is 1.35. The highest BCUT2D eigenvalue weighted by Crippen LogP contribution is 2.19. The number of nitrogens with two attached hydrogens (primary N) is 1. The third-order valence-corrected chi connectivity index (χ3v) is 2.36. The van der Waals surface area contributed by atoms with Gasteiger partial charge in [0.1, 0.15) is 18.1 Å². The Balaban J connectivity index is 1.99. The van der Waals surface area contributed by atoms with Gasteiger partial charge in [0.15, 0.2) is 5.82 Å². The molecule has 0 unspecified atom stereocenters. The summed E-state index contributed by atoms with van der Waals surface area (Å²) in [5.41, 5.74) is 5.46. The van der Waals surface area contributed by atoms with Gasteiger partial charge in [-0.05, 0) is 22.6 Å². The Bertz CT molecular complexity index is 500. The van der Waals surface area contributed by atoms with Crippen molar-refractivity contribution in [3.63, 3.8) is 0 Å². The normalized spacial score (nSPS) is 10.3. The smallest absolute Gasteiger partial charge is 0.189 e. The molecule has 0 amide bonds. The van der Waals surface area contributed by atoms with E-state index in [1.165, 1.54) is 0 Å². The van der Waals surface area contributed by atoms with Crippen molar-refractivity contribution in [3.05, 3.63) is 30.1 Å². The molecule has 2 aromatic rings. The van der Waals surface area contributed by atoms with Crippen LogP contribution in [0.15, 0.2) is 24.3 Å². The van der Waals surface area contributed by atoms with E-state index < -0.39 is 0 Å². The minimum atomic E-state index is 0.292. The van der Waals surface area contributed by atoms with Crippen molar-refractivity contribution in [2.75, 3.05) is 13.7 Å². The van der Waals surface area contributed by atoms with Gasteiger partial charge in [0.25, 0.3) is 0 Å². The maximum absolute atomic E-state index is 5.60. The number of tetrazole rings is 1. The van der Waals surface area contributed by atoms with E-state index in [0.29, 0.717) is 31.3 Å². The SMILES string of the molecule is COc1cccc(OCc2nnnn2CCN)c1. The van der Waals surface area contributed by atoms with Crippen molar-refractivity contribution in [2.45, 2.75) is 13.2 Å². The lowest BCUT2D eigenvalue weighted by atomic mass is 10.3. The van der Waals surface area contributed by atoms with Gasteiger partial charge in [-0.3, -0.25) is 0 Å². The highest BCUT2D eigenvalue weighted by atomic mass is 16.5. The second kappa shape index (κ2) is 5.97. The van der Waals surface area contributed by atoms with Crippen LogP contribution in [0.2, 0.25) is 0 Å². The first-order valence-corrected chi connectivity index (χ1v) is 5.55. The molecule has 7 nitrogen and oxygen atoms in total. The lowest BCUT2D eigenvalue weighted by molar-refractivity contribution is 0.285. The van der Waals surface area contributed by atoms with Gasteiger partial charge in [0.2, 0.25) is 0 Å². The number of methoxy groups -OCH3 is 1. The molecule has 0 saturated heterocycles. The molecule has 0 saturated carbocycles. The van der Waals surface area contributed by atoms with Crippen molar-refractivity contribution >= 4 is 0 Å². The average molecular weight is 249 g/mol. The van der Waals surface area contributed by atoms with Crippen LogP contribution in [0.1, 0.15) is 5.82 Å². The van der Waals surface area contributed by atoms with Crippen LogP contribution < -0.4 is 15.2 Å². The molecule has 96 valence electrons. The van der Waals surface area contributed by atoms with E-state index in [4.69, 9.17) is 15.2 Å². The predicted molar refractivity (Wildman–Crippen MR) is 64.2 cm³/mol. The van der Waals surface area contributed by atoms with Crippen molar-refractivity contribution in [2.24, 2.45) is 5.73 Å². The van der Waals surface area contributed by atoms with Crippen LogP contribution in [0.3, 0.4) is 0 Å². The summed E-state index contributed by atoms with van der Waals surface area (Å²) in [5.74, 6) is 2.09. The summed E-state index contributed by atoms with van der Waals surface area (Å²) in [6.07, 6.45) is 0. The summed E-state index contributed by atoms with van der Waals surface area (Å²) in [4.78, 5) is 0. The Morgan fingerprint density at radius 2 is 2.17 bits per heavy atom. The summed E-state index contributed by atoms with van der Waals surface area (Å²) < 4.78 is 12.3. The topological polar surface area (TPSA) is 88.1 Å². The van der Waals surface area contributed by atoms with Crippen LogP contribution in [0.4, 0.5) is 0 Å². The third-order valence-electron chi connectivity index (χ3n) is 2.36. The van der Waals surface area contributed by atoms with Crippen LogP contribution >= 0.6 is 0 Å². The number of ether oxygens (including phenoxy) is 2. The van der Waals surface area contributed by atoms with Crippen molar-refractivity contribution < 1.29 is 9.47 Å². The number of benzene rings is 1. The monoisotopic (exact) mass is 249 g/mol. The van der Waals surface area contributed by atoms with Crippen molar-refractivity contribution in [3.8, 4) is 11.5 Å². The molecular formula is C11H15N5O2. The van der Waals surface area contributed by atoms with E-state index in [2.05, 4.69) is 15.5 Å². The Labute approximate surface area is 104 Å². The number of nitrogens with zero attached hydrogens (tertiary/aromatic N) is 4. The average Bonchev–Trinajstić information content (AvgIpc) is 2.85. The number of hydrogen-bond acceptors (Lipinski definition) is 6. The van der Waals surface area contributed by atoms with Crippen molar-refractivity contribution in [1.82, 2.24) is 20.2 Å². The summed E-state index contributed by atoms with van der Waals surface area (Å²) in [5, 5.41) is 11.3. The van der Waals surface area contributed by atoms with E-state index in [9.17, 15) is 0 Å². The summed E-state index contributed by atoms with van der Waals surface area (Å²) in [7, 11) is 1.61. The molecule has 1 aromatic heterocycles. The van der Waals surface area contributed by atoms with Gasteiger partial charge >= 0.3 is 0 Å². The van der Waals surface area contributed by atoms with E-state index in [1.807, 2.05) is 18.2 Å². The largest absolute Gasteiger partial charge is 0.497 e. The summed E-state index contributed by atoms with van der Waals surface area (Å²) >= 11 is 0. The zero-order chi connectivity index (χ0) is 12.8. The zero-order valence-corrected chi connectivity index (χ0v) is 10.1. The Hall–Kier alpha value is -2.15. The van der Waals surface area contributed by atoms with Gasteiger partial charge in [-0.15, -0.1) is 5.10 Å². The molecule has 0 atom stereocenters. The predicted octanol–water partition coefficient (Wildman–Crippen LogP) is 0.219. The highest BCUT2D eigenvalue weighted by molar-refractivity contribution is 5.32. The highest BCUT2D eigenvalue weighted by Gasteiger charge is 2.06. The van der Waals surface area contributed by atoms with E-state index in [0.717, 1.165) is 5.75 Å². The van der Waals surface area contributed by atoms with Gasteiger partial charge < -0.3 is 15.2 Å². The van der Waals surface area contributed by atoms with Crippen LogP contribution in [0.5, 0.6) is 11.5 Å². The molecule has 0 fully saturated rings. The molecular weight excluding hydrogens is 234 g/mol. The molecule has 1 heterocycles. The first-order valence-electron chi connectivity index (χ1n) is 5.55. The van der Waals surface area contributed by atoms with Gasteiger partial charge in [-0.25, -0.2) is 4.68 Å². The Kier molecular flexibility index (Phi) is 4.08. The minimum absolute atomic E-state index is 0.292. The van der Waals surface area contributed by atoms with Crippen LogP contribution in [-0.4, -0.2) is 33.9 Å². The van der Waals surface area contributed by atoms with Gasteiger partial charge in [-0.1, -0.05) is 6.07 Å². The number of aromatic nitrogens is 4. The first kappa shape index (κ1) is 12.3. The lowest BCUT2D eigenvalue weighted by Gasteiger charge is -2.07. The second-order valence-corrected chi connectivity index (χ2v) is 3.57. The van der Waals surface area contributed by atoms with Crippen LogP contribution in [0, 0.1) is 0 Å². The molecule has 0 radical (unpaired) electrons. The third kappa shape index (κ3) is 2.95. The molecule has 7 heteroatoms. The van der Waals surface area contributed by atoms with E-state index in [1.54, 1.807) is 17.9 Å². The molecule has 0 aliphatic heterocycles. The molecule has 2 rings (SSSR count). The van der Waals surface area contributed by atoms with Crippen LogP contribution in [0.25, 0.3) is 0 Å². The fraction of sp³-hybridized carbons (Fsp3) is 0.364. The number of rotatable bonds is 6. The van der Waals surface area contributed by atoms with Gasteiger partial charge in [-0.2, -0.15) is 0 Å². The maximum Gasteiger partial charge on any atom is 0.189 e.